The maximum atomic E-state index is 12.9. The lowest BCUT2D eigenvalue weighted by atomic mass is 9.93. The van der Waals surface area contributed by atoms with Crippen LogP contribution in [0.2, 0.25) is 0 Å². The van der Waals surface area contributed by atoms with Crippen LogP contribution in [-0.4, -0.2) is 29.8 Å². The van der Waals surface area contributed by atoms with Crippen LogP contribution >= 0.6 is 0 Å². The Labute approximate surface area is 129 Å². The minimum absolute atomic E-state index is 0.0400. The molecule has 1 saturated carbocycles. The highest BCUT2D eigenvalue weighted by Crippen LogP contribution is 2.48. The van der Waals surface area contributed by atoms with Crippen molar-refractivity contribution in [3.8, 4) is 0 Å². The molecule has 1 aliphatic heterocycles. The minimum Gasteiger partial charge on any atom is -0.370 e. The van der Waals surface area contributed by atoms with E-state index in [2.05, 4.69) is 0 Å². The summed E-state index contributed by atoms with van der Waals surface area (Å²) in [6, 6.07) is 6.44. The van der Waals surface area contributed by atoms with Gasteiger partial charge in [0.2, 0.25) is 11.8 Å². The highest BCUT2D eigenvalue weighted by molar-refractivity contribution is 5.83. The summed E-state index contributed by atoms with van der Waals surface area (Å²) in [5.41, 5.74) is 6.27. The largest absolute Gasteiger partial charge is 0.370 e. The number of piperidine rings is 1. The number of halogens is 1. The Balaban J connectivity index is 1.52. The number of likely N-dealkylation sites (tertiary alicyclic amines) is 1. The van der Waals surface area contributed by atoms with Crippen LogP contribution in [-0.2, 0) is 9.59 Å². The molecule has 2 fully saturated rings. The van der Waals surface area contributed by atoms with E-state index in [4.69, 9.17) is 5.73 Å². The Kier molecular flexibility index (Phi) is 4.14. The summed E-state index contributed by atoms with van der Waals surface area (Å²) < 4.78 is 12.9. The van der Waals surface area contributed by atoms with Crippen molar-refractivity contribution in [3.63, 3.8) is 0 Å². The fourth-order valence-corrected chi connectivity index (χ4v) is 3.42. The Bertz CT molecular complexity index is 565. The van der Waals surface area contributed by atoms with Crippen LogP contribution in [0.5, 0.6) is 0 Å². The number of carbonyl (C=O) groups is 2. The zero-order valence-electron chi connectivity index (χ0n) is 12.5. The van der Waals surface area contributed by atoms with Gasteiger partial charge in [-0.15, -0.1) is 0 Å². The van der Waals surface area contributed by atoms with Gasteiger partial charge in [0.15, 0.2) is 0 Å². The van der Waals surface area contributed by atoms with Crippen molar-refractivity contribution in [1.29, 1.82) is 0 Å². The van der Waals surface area contributed by atoms with E-state index in [0.29, 0.717) is 25.4 Å². The molecule has 118 valence electrons. The Morgan fingerprint density at radius 1 is 1.18 bits per heavy atom. The summed E-state index contributed by atoms with van der Waals surface area (Å²) in [4.78, 5) is 25.3. The number of rotatable bonds is 4. The normalized spacial score (nSPS) is 25.0. The monoisotopic (exact) mass is 304 g/mol. The van der Waals surface area contributed by atoms with E-state index in [1.54, 1.807) is 12.1 Å². The summed E-state index contributed by atoms with van der Waals surface area (Å²) >= 11 is 0. The molecule has 2 unspecified atom stereocenters. The second-order valence-corrected chi connectivity index (χ2v) is 6.44. The molecular weight excluding hydrogens is 283 g/mol. The summed E-state index contributed by atoms with van der Waals surface area (Å²) in [5.74, 6) is 0.280. The standard InChI is InChI=1S/C17H21FN2O2/c18-13-3-1-12(2-4-13)14-10-15(14)17(22)20-7-5-11(6-8-20)9-16(19)21/h1-4,11,14-15H,5-10H2,(H2,19,21). The smallest absolute Gasteiger partial charge is 0.226 e. The van der Waals surface area contributed by atoms with Crippen LogP contribution in [0.15, 0.2) is 24.3 Å². The van der Waals surface area contributed by atoms with Crippen LogP contribution in [0.25, 0.3) is 0 Å². The lowest BCUT2D eigenvalue weighted by Gasteiger charge is -2.31. The van der Waals surface area contributed by atoms with Crippen molar-refractivity contribution in [3.05, 3.63) is 35.6 Å². The van der Waals surface area contributed by atoms with Crippen molar-refractivity contribution in [2.75, 3.05) is 13.1 Å². The van der Waals surface area contributed by atoms with Crippen molar-refractivity contribution >= 4 is 11.8 Å². The fourth-order valence-electron chi connectivity index (χ4n) is 3.42. The molecule has 1 heterocycles. The van der Waals surface area contributed by atoms with Gasteiger partial charge < -0.3 is 10.6 Å². The van der Waals surface area contributed by atoms with Gasteiger partial charge in [0.1, 0.15) is 5.82 Å². The highest BCUT2D eigenvalue weighted by atomic mass is 19.1. The Morgan fingerprint density at radius 2 is 1.82 bits per heavy atom. The molecule has 1 aromatic carbocycles. The van der Waals surface area contributed by atoms with E-state index in [-0.39, 0.29) is 29.5 Å². The molecule has 2 amide bonds. The zero-order valence-corrected chi connectivity index (χ0v) is 12.5. The zero-order chi connectivity index (χ0) is 15.7. The second kappa shape index (κ2) is 6.07. The van der Waals surface area contributed by atoms with Crippen LogP contribution in [0.3, 0.4) is 0 Å². The highest BCUT2D eigenvalue weighted by Gasteiger charge is 2.46. The summed E-state index contributed by atoms with van der Waals surface area (Å²) in [7, 11) is 0. The van der Waals surface area contributed by atoms with Crippen LogP contribution in [0, 0.1) is 17.7 Å². The molecule has 2 aliphatic rings. The molecule has 3 rings (SSSR count). The molecule has 1 saturated heterocycles. The SMILES string of the molecule is NC(=O)CC1CCN(C(=O)C2CC2c2ccc(F)cc2)CC1. The molecule has 2 atom stereocenters. The predicted molar refractivity (Wildman–Crippen MR) is 80.4 cm³/mol. The topological polar surface area (TPSA) is 63.4 Å². The second-order valence-electron chi connectivity index (χ2n) is 6.44. The van der Waals surface area contributed by atoms with Gasteiger partial charge in [-0.05, 0) is 48.8 Å². The van der Waals surface area contributed by atoms with Crippen molar-refractivity contribution in [2.45, 2.75) is 31.6 Å². The molecule has 0 radical (unpaired) electrons. The van der Waals surface area contributed by atoms with E-state index < -0.39 is 0 Å². The van der Waals surface area contributed by atoms with Crippen LogP contribution in [0.1, 0.15) is 37.2 Å². The van der Waals surface area contributed by atoms with Crippen molar-refractivity contribution in [2.24, 2.45) is 17.6 Å². The van der Waals surface area contributed by atoms with Gasteiger partial charge in [-0.2, -0.15) is 0 Å². The number of primary amides is 1. The molecule has 1 aliphatic carbocycles. The number of amides is 2. The van der Waals surface area contributed by atoms with Gasteiger partial charge >= 0.3 is 0 Å². The third kappa shape index (κ3) is 3.29. The summed E-state index contributed by atoms with van der Waals surface area (Å²) in [6.45, 7) is 1.42. The molecule has 0 spiro atoms. The fraction of sp³-hybridized carbons (Fsp3) is 0.529. The average molecular weight is 304 g/mol. The number of hydrogen-bond acceptors (Lipinski definition) is 2. The van der Waals surface area contributed by atoms with E-state index in [0.717, 1.165) is 24.8 Å². The van der Waals surface area contributed by atoms with E-state index in [9.17, 15) is 14.0 Å². The lowest BCUT2D eigenvalue weighted by molar-refractivity contribution is -0.134. The van der Waals surface area contributed by atoms with Crippen LogP contribution in [0.4, 0.5) is 4.39 Å². The minimum atomic E-state index is -0.261. The van der Waals surface area contributed by atoms with Crippen molar-refractivity contribution < 1.29 is 14.0 Å². The molecule has 0 bridgehead atoms. The number of nitrogens with zero attached hydrogens (tertiary/aromatic N) is 1. The van der Waals surface area contributed by atoms with E-state index in [1.165, 1.54) is 12.1 Å². The number of hydrogen-bond donors (Lipinski definition) is 1. The maximum Gasteiger partial charge on any atom is 0.226 e. The molecule has 0 aromatic heterocycles. The van der Waals surface area contributed by atoms with Crippen molar-refractivity contribution in [1.82, 2.24) is 4.90 Å². The first-order valence-corrected chi connectivity index (χ1v) is 7.87. The molecule has 5 heteroatoms. The van der Waals surface area contributed by atoms with Gasteiger partial charge in [-0.25, -0.2) is 4.39 Å². The van der Waals surface area contributed by atoms with Gasteiger partial charge in [0.25, 0.3) is 0 Å². The molecule has 22 heavy (non-hydrogen) atoms. The first kappa shape index (κ1) is 15.0. The molecule has 2 N–H and O–H groups in total. The van der Waals surface area contributed by atoms with Gasteiger partial charge in [-0.3, -0.25) is 9.59 Å². The molecule has 4 nitrogen and oxygen atoms in total. The van der Waals surface area contributed by atoms with Gasteiger partial charge in [0.05, 0.1) is 0 Å². The molecular formula is C17H21FN2O2. The van der Waals surface area contributed by atoms with E-state index in [1.807, 2.05) is 4.90 Å². The molecule has 1 aromatic rings. The number of nitrogens with two attached hydrogens (primary N) is 1. The Hall–Kier alpha value is -1.91. The van der Waals surface area contributed by atoms with Gasteiger partial charge in [-0.1, -0.05) is 12.1 Å². The summed E-state index contributed by atoms with van der Waals surface area (Å²) in [5, 5.41) is 0. The van der Waals surface area contributed by atoms with E-state index >= 15 is 0 Å². The van der Waals surface area contributed by atoms with Gasteiger partial charge in [0, 0.05) is 25.4 Å². The number of benzene rings is 1. The number of carbonyl (C=O) groups excluding carboxylic acids is 2. The first-order chi connectivity index (χ1) is 10.5. The average Bonchev–Trinajstić information content (AvgIpc) is 3.28. The maximum absolute atomic E-state index is 12.9. The predicted octanol–water partition coefficient (Wildman–Crippen LogP) is 2.04. The third-order valence-electron chi connectivity index (χ3n) is 4.82. The van der Waals surface area contributed by atoms with Crippen LogP contribution < -0.4 is 5.73 Å². The summed E-state index contributed by atoms with van der Waals surface area (Å²) in [6.07, 6.45) is 2.97. The lowest BCUT2D eigenvalue weighted by Crippen LogP contribution is -2.40. The Morgan fingerprint density at radius 3 is 2.41 bits per heavy atom. The third-order valence-corrected chi connectivity index (χ3v) is 4.82. The quantitative estimate of drug-likeness (QED) is 0.925. The first-order valence-electron chi connectivity index (χ1n) is 7.87.